The van der Waals surface area contributed by atoms with Gasteiger partial charge in [0.2, 0.25) is 0 Å². The van der Waals surface area contributed by atoms with Crippen molar-refractivity contribution in [3.8, 4) is 0 Å². The van der Waals surface area contributed by atoms with Crippen LogP contribution in [-0.4, -0.2) is 10.1 Å². The monoisotopic (exact) mass is 254 g/mol. The summed E-state index contributed by atoms with van der Waals surface area (Å²) < 4.78 is 0. The zero-order valence-corrected chi connectivity index (χ0v) is 11.0. The fourth-order valence-electron chi connectivity index (χ4n) is 2.85. The SMILES string of the molecule is Cc1ccnc(N)c1C(O)C1(c2ccccc2)CC1. The van der Waals surface area contributed by atoms with Crippen LogP contribution in [0.3, 0.4) is 0 Å². The average Bonchev–Trinajstić information content (AvgIpc) is 3.21. The van der Waals surface area contributed by atoms with Crippen LogP contribution in [-0.2, 0) is 5.41 Å². The smallest absolute Gasteiger partial charge is 0.129 e. The predicted molar refractivity (Wildman–Crippen MR) is 75.7 cm³/mol. The van der Waals surface area contributed by atoms with Crippen molar-refractivity contribution in [1.29, 1.82) is 0 Å². The Balaban J connectivity index is 2.03. The van der Waals surface area contributed by atoms with Gasteiger partial charge in [-0.25, -0.2) is 4.98 Å². The standard InChI is InChI=1S/C16H18N2O/c1-11-7-10-18-15(17)13(11)14(19)16(8-9-16)12-5-3-2-4-6-12/h2-7,10,14,19H,8-9H2,1H3,(H2,17,18). The third kappa shape index (κ3) is 1.90. The van der Waals surface area contributed by atoms with E-state index >= 15 is 0 Å². The summed E-state index contributed by atoms with van der Waals surface area (Å²) in [4.78, 5) is 4.11. The second-order valence-corrected chi connectivity index (χ2v) is 5.35. The number of aliphatic hydroxyl groups excluding tert-OH is 1. The van der Waals surface area contributed by atoms with E-state index in [0.29, 0.717) is 5.82 Å². The lowest BCUT2D eigenvalue weighted by molar-refractivity contribution is 0.133. The molecule has 19 heavy (non-hydrogen) atoms. The molecule has 0 bridgehead atoms. The predicted octanol–water partition coefficient (Wildman–Crippen LogP) is 2.74. The summed E-state index contributed by atoms with van der Waals surface area (Å²) in [6.45, 7) is 1.97. The van der Waals surface area contributed by atoms with Gasteiger partial charge >= 0.3 is 0 Å². The van der Waals surface area contributed by atoms with Gasteiger partial charge < -0.3 is 10.8 Å². The van der Waals surface area contributed by atoms with Gasteiger partial charge in [-0.05, 0) is 37.0 Å². The molecule has 1 aliphatic carbocycles. The second-order valence-electron chi connectivity index (χ2n) is 5.35. The van der Waals surface area contributed by atoms with Crippen LogP contribution in [0.15, 0.2) is 42.6 Å². The fourth-order valence-corrected chi connectivity index (χ4v) is 2.85. The number of pyridine rings is 1. The van der Waals surface area contributed by atoms with Crippen molar-refractivity contribution in [2.24, 2.45) is 0 Å². The first-order valence-electron chi connectivity index (χ1n) is 6.60. The summed E-state index contributed by atoms with van der Waals surface area (Å²) in [7, 11) is 0. The molecule has 0 aliphatic heterocycles. The highest BCUT2D eigenvalue weighted by atomic mass is 16.3. The van der Waals surface area contributed by atoms with Crippen molar-refractivity contribution in [2.45, 2.75) is 31.3 Å². The first-order valence-corrected chi connectivity index (χ1v) is 6.60. The van der Waals surface area contributed by atoms with Gasteiger partial charge in [0.1, 0.15) is 5.82 Å². The zero-order valence-electron chi connectivity index (χ0n) is 11.0. The molecule has 0 spiro atoms. The quantitative estimate of drug-likeness (QED) is 0.885. The highest BCUT2D eigenvalue weighted by Crippen LogP contribution is 2.57. The van der Waals surface area contributed by atoms with Crippen LogP contribution in [0, 0.1) is 6.92 Å². The third-order valence-electron chi connectivity index (χ3n) is 4.17. The molecule has 1 aromatic carbocycles. The number of anilines is 1. The van der Waals surface area contributed by atoms with Gasteiger partial charge in [-0.2, -0.15) is 0 Å². The number of nitrogens with zero attached hydrogens (tertiary/aromatic N) is 1. The Hall–Kier alpha value is -1.87. The van der Waals surface area contributed by atoms with Crippen molar-refractivity contribution in [3.63, 3.8) is 0 Å². The third-order valence-corrected chi connectivity index (χ3v) is 4.17. The lowest BCUT2D eigenvalue weighted by atomic mass is 9.85. The molecule has 3 nitrogen and oxygen atoms in total. The Morgan fingerprint density at radius 1 is 1.21 bits per heavy atom. The summed E-state index contributed by atoms with van der Waals surface area (Å²) in [5.41, 5.74) is 8.75. The van der Waals surface area contributed by atoms with Gasteiger partial charge in [0.15, 0.2) is 0 Å². The molecule has 3 N–H and O–H groups in total. The van der Waals surface area contributed by atoms with E-state index in [-0.39, 0.29) is 5.41 Å². The fraction of sp³-hybridized carbons (Fsp3) is 0.312. The maximum Gasteiger partial charge on any atom is 0.129 e. The molecule has 0 saturated heterocycles. The topological polar surface area (TPSA) is 59.1 Å². The van der Waals surface area contributed by atoms with Crippen LogP contribution >= 0.6 is 0 Å². The number of aliphatic hydroxyl groups is 1. The number of aryl methyl sites for hydroxylation is 1. The van der Waals surface area contributed by atoms with E-state index in [4.69, 9.17) is 5.73 Å². The lowest BCUT2D eigenvalue weighted by Crippen LogP contribution is -2.21. The van der Waals surface area contributed by atoms with Crippen LogP contribution in [0.4, 0.5) is 5.82 Å². The number of rotatable bonds is 3. The lowest BCUT2D eigenvalue weighted by Gasteiger charge is -2.25. The molecule has 2 aromatic rings. The Morgan fingerprint density at radius 3 is 2.47 bits per heavy atom. The molecule has 3 rings (SSSR count). The molecule has 1 fully saturated rings. The molecular formula is C16H18N2O. The summed E-state index contributed by atoms with van der Waals surface area (Å²) in [6, 6.07) is 12.1. The van der Waals surface area contributed by atoms with E-state index < -0.39 is 6.10 Å². The molecule has 3 heteroatoms. The molecule has 98 valence electrons. The van der Waals surface area contributed by atoms with Crippen molar-refractivity contribution >= 4 is 5.82 Å². The van der Waals surface area contributed by atoms with Crippen molar-refractivity contribution in [3.05, 3.63) is 59.3 Å². The number of aromatic nitrogens is 1. The number of hydrogen-bond acceptors (Lipinski definition) is 3. The van der Waals surface area contributed by atoms with Crippen molar-refractivity contribution < 1.29 is 5.11 Å². The molecular weight excluding hydrogens is 236 g/mol. The van der Waals surface area contributed by atoms with Gasteiger partial charge in [-0.3, -0.25) is 0 Å². The summed E-state index contributed by atoms with van der Waals surface area (Å²) in [5, 5.41) is 10.8. The van der Waals surface area contributed by atoms with Crippen LogP contribution < -0.4 is 5.73 Å². The average molecular weight is 254 g/mol. The summed E-state index contributed by atoms with van der Waals surface area (Å²) in [5.74, 6) is 0.440. The Bertz CT molecular complexity index is 571. The van der Waals surface area contributed by atoms with Gasteiger partial charge in [-0.1, -0.05) is 30.3 Å². The molecule has 0 radical (unpaired) electrons. The normalized spacial score (nSPS) is 18.0. The number of benzene rings is 1. The minimum Gasteiger partial charge on any atom is -0.387 e. The van der Waals surface area contributed by atoms with Gasteiger partial charge in [0.05, 0.1) is 6.10 Å². The largest absolute Gasteiger partial charge is 0.387 e. The summed E-state index contributed by atoms with van der Waals surface area (Å²) in [6.07, 6.45) is 3.09. The zero-order chi connectivity index (χ0) is 13.5. The second kappa shape index (κ2) is 4.35. The number of nitrogens with two attached hydrogens (primary N) is 1. The molecule has 0 amide bonds. The molecule has 1 saturated carbocycles. The Labute approximate surface area is 113 Å². The Morgan fingerprint density at radius 2 is 1.89 bits per heavy atom. The number of nitrogen functional groups attached to an aromatic ring is 1. The minimum absolute atomic E-state index is 0.177. The maximum absolute atomic E-state index is 10.8. The van der Waals surface area contributed by atoms with E-state index in [1.807, 2.05) is 31.2 Å². The molecule has 1 aliphatic rings. The number of hydrogen-bond donors (Lipinski definition) is 2. The van der Waals surface area contributed by atoms with E-state index in [1.54, 1.807) is 6.20 Å². The van der Waals surface area contributed by atoms with Gasteiger partial charge in [-0.15, -0.1) is 0 Å². The van der Waals surface area contributed by atoms with E-state index in [9.17, 15) is 5.11 Å². The first-order chi connectivity index (χ1) is 9.15. The van der Waals surface area contributed by atoms with E-state index in [2.05, 4.69) is 17.1 Å². The first kappa shape index (κ1) is 12.2. The summed E-state index contributed by atoms with van der Waals surface area (Å²) >= 11 is 0. The molecule has 1 atom stereocenters. The van der Waals surface area contributed by atoms with Gasteiger partial charge in [0.25, 0.3) is 0 Å². The highest BCUT2D eigenvalue weighted by Gasteiger charge is 2.51. The van der Waals surface area contributed by atoms with Crippen LogP contribution in [0.5, 0.6) is 0 Å². The molecule has 1 aromatic heterocycles. The Kier molecular flexibility index (Phi) is 2.79. The highest BCUT2D eigenvalue weighted by molar-refractivity contribution is 5.49. The van der Waals surface area contributed by atoms with Crippen LogP contribution in [0.25, 0.3) is 0 Å². The van der Waals surface area contributed by atoms with E-state index in [1.165, 1.54) is 5.56 Å². The molecule has 1 unspecified atom stereocenters. The van der Waals surface area contributed by atoms with Gasteiger partial charge in [0, 0.05) is 17.2 Å². The van der Waals surface area contributed by atoms with Crippen LogP contribution in [0.2, 0.25) is 0 Å². The maximum atomic E-state index is 10.8. The van der Waals surface area contributed by atoms with E-state index in [0.717, 1.165) is 24.0 Å². The van der Waals surface area contributed by atoms with Crippen LogP contribution in [0.1, 0.15) is 35.6 Å². The minimum atomic E-state index is -0.580. The van der Waals surface area contributed by atoms with Crippen molar-refractivity contribution in [1.82, 2.24) is 4.98 Å². The molecule has 1 heterocycles. The van der Waals surface area contributed by atoms with Crippen molar-refractivity contribution in [2.75, 3.05) is 5.73 Å².